The number of Topliss-reactive ketones (excluding diaryl/α,β-unsaturated/α-hetero) is 1. The Bertz CT molecular complexity index is 596. The van der Waals surface area contributed by atoms with Crippen LogP contribution >= 0.6 is 7.82 Å². The zero-order valence-corrected chi connectivity index (χ0v) is 17.0. The van der Waals surface area contributed by atoms with Crippen molar-refractivity contribution < 1.29 is 37.3 Å². The number of phosphoric acid groups is 1. The lowest BCUT2D eigenvalue weighted by Crippen LogP contribution is -2.50. The molecule has 1 fully saturated rings. The highest BCUT2D eigenvalue weighted by Gasteiger charge is 2.49. The Morgan fingerprint density at radius 1 is 1.27 bits per heavy atom. The van der Waals surface area contributed by atoms with Crippen LogP contribution in [0.25, 0.3) is 0 Å². The van der Waals surface area contributed by atoms with E-state index in [4.69, 9.17) is 18.3 Å². The van der Waals surface area contributed by atoms with Gasteiger partial charge in [0.2, 0.25) is 12.7 Å². The summed E-state index contributed by atoms with van der Waals surface area (Å²) in [5.74, 6) is -1.12. The molecule has 0 aliphatic carbocycles. The van der Waals surface area contributed by atoms with Crippen LogP contribution in [0.3, 0.4) is 0 Å². The molecule has 1 heterocycles. The molecule has 1 aliphatic rings. The van der Waals surface area contributed by atoms with Gasteiger partial charge in [0.05, 0.1) is 12.0 Å². The van der Waals surface area contributed by atoms with Crippen LogP contribution in [0.15, 0.2) is 0 Å². The van der Waals surface area contributed by atoms with Crippen molar-refractivity contribution in [3.63, 3.8) is 0 Å². The smallest absolute Gasteiger partial charge is 0.437 e. The van der Waals surface area contributed by atoms with E-state index in [1.165, 1.54) is 6.92 Å². The van der Waals surface area contributed by atoms with E-state index >= 15 is 0 Å². The summed E-state index contributed by atoms with van der Waals surface area (Å²) in [6, 6.07) is 0. The van der Waals surface area contributed by atoms with Crippen LogP contribution in [-0.4, -0.2) is 43.7 Å². The Morgan fingerprint density at radius 2 is 1.88 bits per heavy atom. The van der Waals surface area contributed by atoms with Crippen LogP contribution < -0.4 is 5.32 Å². The van der Waals surface area contributed by atoms with Gasteiger partial charge in [-0.25, -0.2) is 9.09 Å². The molecule has 9 nitrogen and oxygen atoms in total. The number of rotatable bonds is 7. The third-order valence-corrected chi connectivity index (χ3v) is 4.90. The Morgan fingerprint density at radius 3 is 2.42 bits per heavy atom. The number of phosphoric ester groups is 1. The number of carbonyl (C=O) groups excluding carboxylic acids is 3. The highest BCUT2D eigenvalue weighted by atomic mass is 31.2. The fourth-order valence-electron chi connectivity index (χ4n) is 1.91. The Kier molecular flexibility index (Phi) is 7.53. The highest BCUT2D eigenvalue weighted by molar-refractivity contribution is 7.48. The van der Waals surface area contributed by atoms with Crippen molar-refractivity contribution in [1.29, 1.82) is 0 Å². The first-order chi connectivity index (χ1) is 11.8. The molecule has 0 spiro atoms. The van der Waals surface area contributed by atoms with E-state index in [1.54, 1.807) is 34.6 Å². The zero-order valence-electron chi connectivity index (χ0n) is 16.1. The van der Waals surface area contributed by atoms with Gasteiger partial charge in [-0.05, 0) is 27.7 Å². The molecule has 0 aromatic carbocycles. The van der Waals surface area contributed by atoms with Gasteiger partial charge in [0.25, 0.3) is 0 Å². The van der Waals surface area contributed by atoms with Gasteiger partial charge in [-0.15, -0.1) is 0 Å². The summed E-state index contributed by atoms with van der Waals surface area (Å²) in [6.07, 6.45) is -0.917. The van der Waals surface area contributed by atoms with Crippen LogP contribution in [0.1, 0.15) is 48.0 Å². The minimum absolute atomic E-state index is 0.0533. The predicted octanol–water partition coefficient (Wildman–Crippen LogP) is 2.19. The summed E-state index contributed by atoms with van der Waals surface area (Å²) < 4.78 is 32.9. The zero-order chi connectivity index (χ0) is 20.2. The Labute approximate surface area is 153 Å². The average Bonchev–Trinajstić information content (AvgIpc) is 2.48. The van der Waals surface area contributed by atoms with E-state index in [0.717, 1.165) is 0 Å². The summed E-state index contributed by atoms with van der Waals surface area (Å²) in [4.78, 5) is 35.0. The lowest BCUT2D eigenvalue weighted by atomic mass is 9.87. The van der Waals surface area contributed by atoms with Crippen molar-refractivity contribution in [2.75, 3.05) is 19.9 Å². The molecule has 0 bridgehead atoms. The molecule has 0 aromatic heterocycles. The summed E-state index contributed by atoms with van der Waals surface area (Å²) in [7, 11) is -4.07. The summed E-state index contributed by atoms with van der Waals surface area (Å²) in [5.41, 5.74) is -1.51. The van der Waals surface area contributed by atoms with Crippen molar-refractivity contribution in [2.24, 2.45) is 10.8 Å². The molecule has 1 saturated heterocycles. The molecule has 150 valence electrons. The standard InChI is InChI=1S/C16H28NO8P/c1-11(18)7-8-17-13(19)12-16(5,6)9-23-26(21,25-12)24-10-22-14(20)15(2,3)4/h12H,7-10H2,1-6H3,(H,17,19)/t12-,26?/m0/s1. The molecule has 10 heteroatoms. The van der Waals surface area contributed by atoms with Crippen molar-refractivity contribution in [3.8, 4) is 0 Å². The lowest BCUT2D eigenvalue weighted by molar-refractivity contribution is -0.163. The SMILES string of the molecule is CC(=O)CCNC(=O)[C@@H]1OP(=O)(OCOC(=O)C(C)(C)C)OCC1(C)C. The molecular weight excluding hydrogens is 365 g/mol. The van der Waals surface area contributed by atoms with Gasteiger partial charge >= 0.3 is 13.8 Å². The number of ketones is 1. The monoisotopic (exact) mass is 393 g/mol. The third-order valence-electron chi connectivity index (χ3n) is 3.57. The van der Waals surface area contributed by atoms with Gasteiger partial charge in [-0.2, -0.15) is 0 Å². The second-order valence-corrected chi connectivity index (χ2v) is 9.49. The molecule has 0 aromatic rings. The maximum absolute atomic E-state index is 12.6. The Balaban J connectivity index is 2.66. The molecule has 1 amide bonds. The van der Waals surface area contributed by atoms with E-state index in [0.29, 0.717) is 0 Å². The third kappa shape index (κ3) is 6.79. The van der Waals surface area contributed by atoms with E-state index in [2.05, 4.69) is 5.32 Å². The molecule has 26 heavy (non-hydrogen) atoms. The minimum Gasteiger partial charge on any atom is -0.437 e. The van der Waals surface area contributed by atoms with Gasteiger partial charge < -0.3 is 10.1 Å². The van der Waals surface area contributed by atoms with E-state index in [9.17, 15) is 18.9 Å². The summed E-state index contributed by atoms with van der Waals surface area (Å²) in [6.45, 7) is 9.31. The number of amides is 1. The first-order valence-corrected chi connectivity index (χ1v) is 9.75. The summed E-state index contributed by atoms with van der Waals surface area (Å²) in [5, 5.41) is 2.57. The van der Waals surface area contributed by atoms with Crippen LogP contribution in [0.4, 0.5) is 0 Å². The van der Waals surface area contributed by atoms with Crippen molar-refractivity contribution in [1.82, 2.24) is 5.32 Å². The Hall–Kier alpha value is -1.28. The van der Waals surface area contributed by atoms with Crippen LogP contribution in [0.5, 0.6) is 0 Å². The fourth-order valence-corrected chi connectivity index (χ4v) is 3.42. The molecule has 2 atom stereocenters. The van der Waals surface area contributed by atoms with Gasteiger partial charge in [-0.3, -0.25) is 23.4 Å². The first kappa shape index (κ1) is 22.8. The number of hydrogen-bond donors (Lipinski definition) is 1. The largest absolute Gasteiger partial charge is 0.478 e. The second kappa shape index (κ2) is 8.61. The average molecular weight is 393 g/mol. The maximum Gasteiger partial charge on any atom is 0.478 e. The van der Waals surface area contributed by atoms with Gasteiger partial charge in [0.15, 0.2) is 6.10 Å². The second-order valence-electron chi connectivity index (χ2n) is 7.87. The fraction of sp³-hybridized carbons (Fsp3) is 0.812. The van der Waals surface area contributed by atoms with E-state index in [1.807, 2.05) is 0 Å². The minimum atomic E-state index is -4.07. The van der Waals surface area contributed by atoms with E-state index < -0.39 is 43.4 Å². The van der Waals surface area contributed by atoms with E-state index in [-0.39, 0.29) is 25.4 Å². The highest BCUT2D eigenvalue weighted by Crippen LogP contribution is 2.57. The topological polar surface area (TPSA) is 117 Å². The molecular formula is C16H28NO8P. The van der Waals surface area contributed by atoms with Crippen molar-refractivity contribution in [2.45, 2.75) is 54.1 Å². The quantitative estimate of drug-likeness (QED) is 0.397. The number of carbonyl (C=O) groups is 3. The number of nitrogens with one attached hydrogen (secondary N) is 1. The van der Waals surface area contributed by atoms with Crippen molar-refractivity contribution in [3.05, 3.63) is 0 Å². The van der Waals surface area contributed by atoms with Crippen LogP contribution in [0.2, 0.25) is 0 Å². The van der Waals surface area contributed by atoms with Gasteiger partial charge in [-0.1, -0.05) is 13.8 Å². The molecule has 0 radical (unpaired) electrons. The molecule has 1 rings (SSSR count). The molecule has 1 unspecified atom stereocenters. The summed E-state index contributed by atoms with van der Waals surface area (Å²) >= 11 is 0. The number of esters is 1. The molecule has 1 N–H and O–H groups in total. The van der Waals surface area contributed by atoms with Gasteiger partial charge in [0, 0.05) is 18.4 Å². The molecule has 1 aliphatic heterocycles. The van der Waals surface area contributed by atoms with Crippen molar-refractivity contribution >= 4 is 25.5 Å². The first-order valence-electron chi connectivity index (χ1n) is 8.29. The normalized spacial score (nSPS) is 25.4. The predicted molar refractivity (Wildman–Crippen MR) is 92.0 cm³/mol. The molecule has 0 saturated carbocycles. The lowest BCUT2D eigenvalue weighted by Gasteiger charge is -2.39. The maximum atomic E-state index is 12.6. The number of ether oxygens (including phenoxy) is 1. The van der Waals surface area contributed by atoms with Crippen LogP contribution in [0, 0.1) is 10.8 Å². The van der Waals surface area contributed by atoms with Gasteiger partial charge in [0.1, 0.15) is 5.78 Å². The van der Waals surface area contributed by atoms with Crippen LogP contribution in [-0.2, 0) is 37.3 Å². The number of hydrogen-bond acceptors (Lipinski definition) is 8.